The Morgan fingerprint density at radius 2 is 0.955 bits per heavy atom. The minimum atomic E-state index is -1.76. The standard InChI is InChI=1S/C34H66N2O8/c1-3-5-7-9-11-13-15-17-19-21-27(39)23-31(42)35-29(25-37)33(34(44)30(41)26-38)36-32(43)24-28(40)22-20-18-16-14-12-10-8-6-4-2/h25,27-30,33-34,38-41,44H,3-24,26H2,1-2H3,(H,35,42)(H,36,43)/t27-,28-,29+,30-,33-,34-/m1/s1. The van der Waals surface area contributed by atoms with Crippen molar-refractivity contribution in [3.8, 4) is 0 Å². The molecule has 0 radical (unpaired) electrons. The molecule has 0 aromatic rings. The second-order valence-electron chi connectivity index (χ2n) is 12.5. The van der Waals surface area contributed by atoms with Crippen LogP contribution in [-0.4, -0.2) is 86.7 Å². The number of rotatable bonds is 31. The fourth-order valence-electron chi connectivity index (χ4n) is 5.45. The number of unbranched alkanes of at least 4 members (excludes halogenated alkanes) is 16. The molecule has 0 bridgehead atoms. The molecule has 44 heavy (non-hydrogen) atoms. The average Bonchev–Trinajstić information content (AvgIpc) is 3.00. The van der Waals surface area contributed by atoms with Gasteiger partial charge in [-0.2, -0.15) is 0 Å². The second-order valence-corrected chi connectivity index (χ2v) is 12.5. The van der Waals surface area contributed by atoms with E-state index < -0.39 is 54.9 Å². The fourth-order valence-corrected chi connectivity index (χ4v) is 5.45. The van der Waals surface area contributed by atoms with Crippen LogP contribution < -0.4 is 10.6 Å². The number of amides is 2. The Bertz CT molecular complexity index is 711. The lowest BCUT2D eigenvalue weighted by atomic mass is 9.97. The van der Waals surface area contributed by atoms with Gasteiger partial charge in [0.1, 0.15) is 24.5 Å². The topological polar surface area (TPSA) is 176 Å². The number of carbonyl (C=O) groups excluding carboxylic acids is 3. The van der Waals surface area contributed by atoms with Gasteiger partial charge in [-0.3, -0.25) is 9.59 Å². The summed E-state index contributed by atoms with van der Waals surface area (Å²) in [7, 11) is 0. The molecule has 2 amide bonds. The van der Waals surface area contributed by atoms with E-state index in [1.54, 1.807) is 0 Å². The van der Waals surface area contributed by atoms with E-state index in [0.717, 1.165) is 51.4 Å². The van der Waals surface area contributed by atoms with Crippen molar-refractivity contribution >= 4 is 18.1 Å². The summed E-state index contributed by atoms with van der Waals surface area (Å²) >= 11 is 0. The Balaban J connectivity index is 4.65. The van der Waals surface area contributed by atoms with Crippen molar-refractivity contribution in [3.05, 3.63) is 0 Å². The van der Waals surface area contributed by atoms with Crippen molar-refractivity contribution < 1.29 is 39.9 Å². The third-order valence-electron chi connectivity index (χ3n) is 8.26. The lowest BCUT2D eigenvalue weighted by Crippen LogP contribution is -2.61. The minimum absolute atomic E-state index is 0.252. The van der Waals surface area contributed by atoms with Crippen molar-refractivity contribution in [2.75, 3.05) is 6.61 Å². The normalized spacial score (nSPS) is 15.6. The SMILES string of the molecule is CCCCCCCCCCC[C@@H](O)CC(=O)N[C@@H]([C@H](O)[C@H](O)CO)[C@H](C=O)NC(=O)C[C@H](O)CCCCCCCCCCC. The maximum Gasteiger partial charge on any atom is 0.223 e. The molecule has 0 rings (SSSR count). The van der Waals surface area contributed by atoms with Gasteiger partial charge in [-0.1, -0.05) is 129 Å². The fraction of sp³-hybridized carbons (Fsp3) is 0.912. The molecule has 0 aliphatic rings. The van der Waals surface area contributed by atoms with Crippen LogP contribution in [0.15, 0.2) is 0 Å². The highest BCUT2D eigenvalue weighted by Gasteiger charge is 2.35. The highest BCUT2D eigenvalue weighted by Crippen LogP contribution is 2.14. The quantitative estimate of drug-likeness (QED) is 0.0440. The Kier molecular flexibility index (Phi) is 27.8. The molecule has 260 valence electrons. The first kappa shape index (κ1) is 42.4. The zero-order chi connectivity index (χ0) is 33.0. The summed E-state index contributed by atoms with van der Waals surface area (Å²) in [5, 5.41) is 55.4. The molecular weight excluding hydrogens is 564 g/mol. The number of hydrogen-bond donors (Lipinski definition) is 7. The van der Waals surface area contributed by atoms with E-state index in [9.17, 15) is 39.9 Å². The third-order valence-corrected chi connectivity index (χ3v) is 8.26. The van der Waals surface area contributed by atoms with Gasteiger partial charge in [0.15, 0.2) is 0 Å². The maximum absolute atomic E-state index is 12.7. The number of aldehydes is 1. The smallest absolute Gasteiger partial charge is 0.223 e. The average molecular weight is 631 g/mol. The molecule has 0 saturated heterocycles. The van der Waals surface area contributed by atoms with Crippen molar-refractivity contribution in [1.29, 1.82) is 0 Å². The largest absolute Gasteiger partial charge is 0.394 e. The van der Waals surface area contributed by atoms with Gasteiger partial charge in [-0.05, 0) is 12.8 Å². The van der Waals surface area contributed by atoms with Crippen LogP contribution in [0.25, 0.3) is 0 Å². The molecule has 7 N–H and O–H groups in total. The summed E-state index contributed by atoms with van der Waals surface area (Å²) in [6.07, 6.45) is 15.8. The van der Waals surface area contributed by atoms with Crippen LogP contribution in [0.3, 0.4) is 0 Å². The van der Waals surface area contributed by atoms with Crippen molar-refractivity contribution in [2.24, 2.45) is 0 Å². The van der Waals surface area contributed by atoms with E-state index in [1.807, 2.05) is 0 Å². The van der Waals surface area contributed by atoms with Gasteiger partial charge in [0.2, 0.25) is 11.8 Å². The van der Waals surface area contributed by atoms with E-state index >= 15 is 0 Å². The number of nitrogens with one attached hydrogen (secondary N) is 2. The van der Waals surface area contributed by atoms with Gasteiger partial charge in [-0.25, -0.2) is 0 Å². The molecule has 0 heterocycles. The van der Waals surface area contributed by atoms with Crippen LogP contribution in [0.5, 0.6) is 0 Å². The van der Waals surface area contributed by atoms with Crippen molar-refractivity contribution in [2.45, 2.75) is 192 Å². The Hall–Kier alpha value is -1.59. The molecule has 0 aromatic carbocycles. The van der Waals surface area contributed by atoms with Gasteiger partial charge in [0.05, 0.1) is 37.7 Å². The predicted molar refractivity (Wildman–Crippen MR) is 174 cm³/mol. The predicted octanol–water partition coefficient (Wildman–Crippen LogP) is 4.21. The molecule has 0 aliphatic heterocycles. The van der Waals surface area contributed by atoms with Crippen LogP contribution in [0.4, 0.5) is 0 Å². The summed E-state index contributed by atoms with van der Waals surface area (Å²) in [4.78, 5) is 37.2. The summed E-state index contributed by atoms with van der Waals surface area (Å²) in [6.45, 7) is 3.56. The van der Waals surface area contributed by atoms with E-state index in [2.05, 4.69) is 24.5 Å². The first-order chi connectivity index (χ1) is 21.2. The highest BCUT2D eigenvalue weighted by molar-refractivity contribution is 5.82. The number of aliphatic hydroxyl groups is 5. The van der Waals surface area contributed by atoms with E-state index in [4.69, 9.17) is 0 Å². The van der Waals surface area contributed by atoms with Crippen LogP contribution in [-0.2, 0) is 14.4 Å². The van der Waals surface area contributed by atoms with Gasteiger partial charge < -0.3 is 41.0 Å². The molecule has 0 aliphatic carbocycles. The first-order valence-corrected chi connectivity index (χ1v) is 17.6. The number of carbonyl (C=O) groups is 3. The zero-order valence-electron chi connectivity index (χ0n) is 27.8. The summed E-state index contributed by atoms with van der Waals surface area (Å²) in [6, 6.07) is -2.86. The minimum Gasteiger partial charge on any atom is -0.394 e. The Morgan fingerprint density at radius 3 is 1.32 bits per heavy atom. The van der Waals surface area contributed by atoms with E-state index in [1.165, 1.54) is 64.2 Å². The molecule has 10 nitrogen and oxygen atoms in total. The molecule has 0 aromatic heterocycles. The molecular formula is C34H66N2O8. The Morgan fingerprint density at radius 1 is 0.591 bits per heavy atom. The number of hydrogen-bond acceptors (Lipinski definition) is 8. The summed E-state index contributed by atoms with van der Waals surface area (Å²) in [5.74, 6) is -1.30. The second kappa shape index (κ2) is 28.9. The van der Waals surface area contributed by atoms with Crippen LogP contribution in [0, 0.1) is 0 Å². The zero-order valence-corrected chi connectivity index (χ0v) is 27.8. The molecule has 0 unspecified atom stereocenters. The van der Waals surface area contributed by atoms with Crippen LogP contribution in [0.2, 0.25) is 0 Å². The van der Waals surface area contributed by atoms with Crippen LogP contribution >= 0.6 is 0 Å². The lowest BCUT2D eigenvalue weighted by Gasteiger charge is -2.31. The van der Waals surface area contributed by atoms with Crippen molar-refractivity contribution in [1.82, 2.24) is 10.6 Å². The van der Waals surface area contributed by atoms with Gasteiger partial charge >= 0.3 is 0 Å². The lowest BCUT2D eigenvalue weighted by molar-refractivity contribution is -0.131. The third kappa shape index (κ3) is 22.8. The maximum atomic E-state index is 12.7. The molecule has 10 heteroatoms. The molecule has 0 saturated carbocycles. The molecule has 0 spiro atoms. The monoisotopic (exact) mass is 630 g/mol. The first-order valence-electron chi connectivity index (χ1n) is 17.6. The van der Waals surface area contributed by atoms with E-state index in [0.29, 0.717) is 19.1 Å². The Labute approximate surface area is 266 Å². The number of aliphatic hydroxyl groups excluding tert-OH is 5. The van der Waals surface area contributed by atoms with Gasteiger partial charge in [0, 0.05) is 0 Å². The summed E-state index contributed by atoms with van der Waals surface area (Å²) < 4.78 is 0. The molecule has 6 atom stereocenters. The summed E-state index contributed by atoms with van der Waals surface area (Å²) in [5.41, 5.74) is 0. The van der Waals surface area contributed by atoms with E-state index in [-0.39, 0.29) is 12.8 Å². The highest BCUT2D eigenvalue weighted by atomic mass is 16.4. The molecule has 0 fully saturated rings. The van der Waals surface area contributed by atoms with Crippen molar-refractivity contribution in [3.63, 3.8) is 0 Å². The van der Waals surface area contributed by atoms with Gasteiger partial charge in [-0.15, -0.1) is 0 Å². The van der Waals surface area contributed by atoms with Crippen LogP contribution in [0.1, 0.15) is 155 Å². The van der Waals surface area contributed by atoms with Gasteiger partial charge in [0.25, 0.3) is 0 Å².